The Hall–Kier alpha value is -2.08. The number of ether oxygens (including phenoxy) is 1. The van der Waals surface area contributed by atoms with Crippen molar-refractivity contribution < 1.29 is 19.1 Å². The molecule has 0 saturated heterocycles. The average Bonchev–Trinajstić information content (AvgIpc) is 2.59. The number of ketones is 1. The first-order valence-corrected chi connectivity index (χ1v) is 10.4. The van der Waals surface area contributed by atoms with Gasteiger partial charge in [-0.2, -0.15) is 0 Å². The summed E-state index contributed by atoms with van der Waals surface area (Å²) in [5.41, 5.74) is 0.198. The Labute approximate surface area is 172 Å². The van der Waals surface area contributed by atoms with E-state index in [-0.39, 0.29) is 27.5 Å². The van der Waals surface area contributed by atoms with E-state index in [1.807, 2.05) is 33.8 Å². The zero-order valence-electron chi connectivity index (χ0n) is 16.8. The van der Waals surface area contributed by atoms with Crippen LogP contribution in [-0.2, 0) is 6.42 Å². The van der Waals surface area contributed by atoms with Crippen LogP contribution in [0.25, 0.3) is 17.0 Å². The molecule has 0 amide bonds. The smallest absolute Gasteiger partial charge is 0.336 e. The number of benzene rings is 1. The summed E-state index contributed by atoms with van der Waals surface area (Å²) in [5.74, 6) is -0.471. The van der Waals surface area contributed by atoms with Crippen LogP contribution in [0.4, 0.5) is 0 Å². The number of aryl methyl sites for hydroxylation is 1. The second-order valence-corrected chi connectivity index (χ2v) is 9.32. The molecule has 1 N–H and O–H groups in total. The second-order valence-electron chi connectivity index (χ2n) is 7.88. The molecule has 0 aliphatic carbocycles. The maximum atomic E-state index is 13.2. The van der Waals surface area contributed by atoms with Crippen molar-refractivity contribution in [1.82, 2.24) is 0 Å². The van der Waals surface area contributed by atoms with Crippen molar-refractivity contribution in [2.24, 2.45) is 5.92 Å². The highest BCUT2D eigenvalue weighted by molar-refractivity contribution is 9.09. The average molecular weight is 449 g/mol. The minimum atomic E-state index is -0.588. The van der Waals surface area contributed by atoms with Gasteiger partial charge in [-0.15, -0.1) is 0 Å². The largest absolute Gasteiger partial charge is 0.506 e. The van der Waals surface area contributed by atoms with Gasteiger partial charge in [0.15, 0.2) is 11.4 Å². The number of phenols is 1. The summed E-state index contributed by atoms with van der Waals surface area (Å²) < 4.78 is 11.6. The summed E-state index contributed by atoms with van der Waals surface area (Å²) in [7, 11) is 0. The van der Waals surface area contributed by atoms with E-state index in [1.165, 1.54) is 6.07 Å². The van der Waals surface area contributed by atoms with E-state index in [2.05, 4.69) is 15.9 Å². The van der Waals surface area contributed by atoms with Crippen LogP contribution in [0.1, 0.15) is 62.5 Å². The molecule has 150 valence electrons. The maximum Gasteiger partial charge on any atom is 0.336 e. The summed E-state index contributed by atoms with van der Waals surface area (Å²) >= 11 is 3.44. The molecule has 2 atom stereocenters. The highest BCUT2D eigenvalue weighted by atomic mass is 79.9. The number of phenolic OH excluding ortho intramolecular Hbond substituents is 1. The minimum Gasteiger partial charge on any atom is -0.506 e. The number of hydrogen-bond donors (Lipinski definition) is 1. The molecule has 2 aromatic rings. The fourth-order valence-electron chi connectivity index (χ4n) is 3.42. The van der Waals surface area contributed by atoms with Crippen molar-refractivity contribution >= 4 is 38.8 Å². The van der Waals surface area contributed by atoms with Crippen molar-refractivity contribution in [2.75, 3.05) is 0 Å². The Balaban J connectivity index is 2.47. The lowest BCUT2D eigenvalue weighted by molar-refractivity contribution is 0.0929. The lowest BCUT2D eigenvalue weighted by atomic mass is 9.89. The van der Waals surface area contributed by atoms with Crippen LogP contribution in [0.2, 0.25) is 0 Å². The van der Waals surface area contributed by atoms with Gasteiger partial charge in [0, 0.05) is 16.8 Å². The fourth-order valence-corrected chi connectivity index (χ4v) is 3.66. The minimum absolute atomic E-state index is 0.0376. The topological polar surface area (TPSA) is 76.7 Å². The van der Waals surface area contributed by atoms with Crippen LogP contribution in [0.15, 0.2) is 21.4 Å². The number of halogens is 1. The lowest BCUT2D eigenvalue weighted by Gasteiger charge is -2.30. The lowest BCUT2D eigenvalue weighted by Crippen LogP contribution is -2.28. The number of fused-ring (bicyclic) bond motifs is 3. The van der Waals surface area contributed by atoms with Crippen LogP contribution in [-0.4, -0.2) is 21.3 Å². The molecule has 2 unspecified atom stereocenters. The Morgan fingerprint density at radius 1 is 1.32 bits per heavy atom. The molecule has 2 heterocycles. The quantitative estimate of drug-likeness (QED) is 0.384. The van der Waals surface area contributed by atoms with E-state index in [0.717, 1.165) is 12.0 Å². The number of rotatable bonds is 5. The molecule has 0 radical (unpaired) electrons. The van der Waals surface area contributed by atoms with E-state index < -0.39 is 17.1 Å². The van der Waals surface area contributed by atoms with Crippen LogP contribution in [0, 0.1) is 5.92 Å². The number of hydrogen-bond acceptors (Lipinski definition) is 5. The van der Waals surface area contributed by atoms with Gasteiger partial charge in [0.1, 0.15) is 22.7 Å². The van der Waals surface area contributed by atoms with E-state index in [0.29, 0.717) is 23.1 Å². The van der Waals surface area contributed by atoms with Gasteiger partial charge in [-0.1, -0.05) is 43.1 Å². The molecule has 1 aromatic carbocycles. The van der Waals surface area contributed by atoms with E-state index in [1.54, 1.807) is 13.0 Å². The van der Waals surface area contributed by atoms with Gasteiger partial charge in [-0.05, 0) is 38.0 Å². The van der Waals surface area contributed by atoms with Gasteiger partial charge >= 0.3 is 5.63 Å². The molecule has 0 spiro atoms. The third-order valence-electron chi connectivity index (χ3n) is 5.12. The molecule has 0 bridgehead atoms. The van der Waals surface area contributed by atoms with Gasteiger partial charge in [-0.3, -0.25) is 4.79 Å². The van der Waals surface area contributed by atoms with Crippen LogP contribution >= 0.6 is 15.9 Å². The molecule has 5 nitrogen and oxygen atoms in total. The summed E-state index contributed by atoms with van der Waals surface area (Å²) in [6.45, 7) is 9.46. The third kappa shape index (κ3) is 3.50. The molecule has 1 aromatic heterocycles. The Kier molecular flexibility index (Phi) is 5.45. The van der Waals surface area contributed by atoms with Crippen molar-refractivity contribution in [3.63, 3.8) is 0 Å². The molecule has 1 aliphatic heterocycles. The molecule has 0 saturated carbocycles. The van der Waals surface area contributed by atoms with Gasteiger partial charge in [0.2, 0.25) is 0 Å². The number of carbonyl (C=O) groups is 1. The summed E-state index contributed by atoms with van der Waals surface area (Å²) in [5, 5.41) is 11.6. The summed E-state index contributed by atoms with van der Waals surface area (Å²) in [6, 6.07) is 1.45. The molecular weight excluding hydrogens is 424 g/mol. The summed E-state index contributed by atoms with van der Waals surface area (Å²) in [6.07, 6.45) is 5.05. The molecule has 3 rings (SSSR count). The first-order chi connectivity index (χ1) is 13.1. The predicted octanol–water partition coefficient (Wildman–Crippen LogP) is 5.24. The van der Waals surface area contributed by atoms with Crippen LogP contribution < -0.4 is 10.4 Å². The second kappa shape index (κ2) is 7.39. The SMILES string of the molecule is CCCc1cc(=O)oc2c(C(=O)C(C)C(C)Br)c(O)c3c(c12)OC(C)(C)C=C3. The van der Waals surface area contributed by atoms with Crippen molar-refractivity contribution in [2.45, 2.75) is 57.9 Å². The standard InChI is InChI=1S/C22H25BrO5/c1-6-7-13-10-15(24)27-21-16(13)20-14(8-9-22(4,5)28-20)19(26)17(21)18(25)11(2)12(3)23/h8-12,26H,6-7H2,1-5H3. The third-order valence-corrected chi connectivity index (χ3v) is 5.91. The highest BCUT2D eigenvalue weighted by Gasteiger charge is 2.34. The number of carbonyl (C=O) groups excluding carboxylic acids is 1. The molecule has 6 heteroatoms. The zero-order chi connectivity index (χ0) is 20.8. The number of aromatic hydroxyl groups is 1. The Morgan fingerprint density at radius 3 is 2.61 bits per heavy atom. The Bertz CT molecular complexity index is 1030. The first-order valence-electron chi connectivity index (χ1n) is 9.49. The molecule has 28 heavy (non-hydrogen) atoms. The van der Waals surface area contributed by atoms with E-state index >= 15 is 0 Å². The van der Waals surface area contributed by atoms with Gasteiger partial charge in [0.05, 0.1) is 10.9 Å². The van der Waals surface area contributed by atoms with Crippen LogP contribution in [0.5, 0.6) is 11.5 Å². The Morgan fingerprint density at radius 2 is 2.00 bits per heavy atom. The van der Waals surface area contributed by atoms with Crippen molar-refractivity contribution in [3.05, 3.63) is 39.3 Å². The number of alkyl halides is 1. The highest BCUT2D eigenvalue weighted by Crippen LogP contribution is 2.47. The normalized spacial score (nSPS) is 17.1. The van der Waals surface area contributed by atoms with E-state index in [9.17, 15) is 14.7 Å². The molecule has 1 aliphatic rings. The number of Topliss-reactive ketones (excluding diaryl/α,β-unsaturated/α-hetero) is 1. The van der Waals surface area contributed by atoms with Crippen molar-refractivity contribution in [3.8, 4) is 11.5 Å². The van der Waals surface area contributed by atoms with E-state index in [4.69, 9.17) is 9.15 Å². The van der Waals surface area contributed by atoms with Crippen LogP contribution in [0.3, 0.4) is 0 Å². The first kappa shape index (κ1) is 20.6. The molecule has 0 fully saturated rings. The zero-order valence-corrected chi connectivity index (χ0v) is 18.3. The fraction of sp³-hybridized carbons (Fsp3) is 0.455. The molecular formula is C22H25BrO5. The maximum absolute atomic E-state index is 13.2. The summed E-state index contributed by atoms with van der Waals surface area (Å²) in [4.78, 5) is 25.3. The predicted molar refractivity (Wildman–Crippen MR) is 114 cm³/mol. The van der Waals surface area contributed by atoms with Crippen molar-refractivity contribution in [1.29, 1.82) is 0 Å². The van der Waals surface area contributed by atoms with Gasteiger partial charge in [-0.25, -0.2) is 4.79 Å². The monoisotopic (exact) mass is 448 g/mol. The van der Waals surface area contributed by atoms with Gasteiger partial charge in [0.25, 0.3) is 0 Å². The van der Waals surface area contributed by atoms with Gasteiger partial charge < -0.3 is 14.3 Å².